The predicted molar refractivity (Wildman–Crippen MR) is 35.0 cm³/mol. The van der Waals surface area contributed by atoms with Gasteiger partial charge in [0.25, 0.3) is 0 Å². The van der Waals surface area contributed by atoms with Gasteiger partial charge in [0.2, 0.25) is 0 Å². The zero-order chi connectivity index (χ0) is 5.82. The molecule has 51 valence electrons. The van der Waals surface area contributed by atoms with Crippen molar-refractivity contribution in [3.63, 3.8) is 0 Å². The summed E-state index contributed by atoms with van der Waals surface area (Å²) < 4.78 is 0. The van der Waals surface area contributed by atoms with E-state index in [1.165, 1.54) is 12.8 Å². The second kappa shape index (κ2) is 5.82. The van der Waals surface area contributed by atoms with E-state index in [0.29, 0.717) is 0 Å². The monoisotopic (exact) mass is 200 g/mol. The summed E-state index contributed by atoms with van der Waals surface area (Å²) in [5, 5.41) is 3.22. The molecule has 0 bridgehead atoms. The van der Waals surface area contributed by atoms with Crippen LogP contribution in [0.25, 0.3) is 0 Å². The minimum Gasteiger partial charge on any atom is -0.470 e. The largest absolute Gasteiger partial charge is 0.470 e. The van der Waals surface area contributed by atoms with E-state index in [-0.39, 0.29) is 32.7 Å². The summed E-state index contributed by atoms with van der Waals surface area (Å²) in [4.78, 5) is 0. The van der Waals surface area contributed by atoms with E-state index in [9.17, 15) is 0 Å². The first-order chi connectivity index (χ1) is 3.93. The maximum Gasteiger partial charge on any atom is 0 e. The third kappa shape index (κ3) is 3.69. The average molecular weight is 200 g/mol. The maximum atomic E-state index is 3.84. The Balaban J connectivity index is 0.000000640. The SMILES string of the molecule is [CH2-]CC1[CH-]NCCC1.[Y]. The molecule has 0 aliphatic carbocycles. The number of piperidine rings is 1. The normalized spacial score (nSPS) is 27.0. The quantitative estimate of drug-likeness (QED) is 0.630. The molecule has 1 rings (SSSR count). The summed E-state index contributed by atoms with van der Waals surface area (Å²) in [6, 6.07) is 0. The Bertz CT molecular complexity index is 59.9. The zero-order valence-electron chi connectivity index (χ0n) is 5.77. The molecule has 1 aliphatic heterocycles. The van der Waals surface area contributed by atoms with Gasteiger partial charge >= 0.3 is 0 Å². The second-order valence-corrected chi connectivity index (χ2v) is 2.31. The van der Waals surface area contributed by atoms with Crippen molar-refractivity contribution in [3.8, 4) is 0 Å². The van der Waals surface area contributed by atoms with Crippen LogP contribution in [0.2, 0.25) is 0 Å². The summed E-state index contributed by atoms with van der Waals surface area (Å²) >= 11 is 0. The number of hydrogen-bond acceptors (Lipinski definition) is 1. The number of hydrogen-bond donors (Lipinski definition) is 1. The Morgan fingerprint density at radius 1 is 1.67 bits per heavy atom. The third-order valence-corrected chi connectivity index (χ3v) is 1.62. The molecule has 1 atom stereocenters. The minimum atomic E-state index is 0. The zero-order valence-corrected chi connectivity index (χ0v) is 8.61. The van der Waals surface area contributed by atoms with Gasteiger partial charge in [0.15, 0.2) is 0 Å². The maximum absolute atomic E-state index is 3.84. The van der Waals surface area contributed by atoms with Gasteiger partial charge in [-0.05, 0) is 13.0 Å². The Labute approximate surface area is 82.9 Å². The molecule has 0 aromatic heterocycles. The standard InChI is InChI=1S/C7H13N.Y/c1-2-7-4-3-5-8-6-7;/h6-8H,1-5H2;/q-2;. The molecule has 1 nitrogen and oxygen atoms in total. The molecule has 1 aliphatic rings. The van der Waals surface area contributed by atoms with Crippen LogP contribution in [0.1, 0.15) is 19.3 Å². The summed E-state index contributed by atoms with van der Waals surface area (Å²) in [6.07, 6.45) is 3.69. The molecule has 1 radical (unpaired) electrons. The molecule has 1 N–H and O–H groups in total. The van der Waals surface area contributed by atoms with Crippen molar-refractivity contribution in [1.82, 2.24) is 5.32 Å². The Kier molecular flexibility index (Phi) is 6.51. The smallest absolute Gasteiger partial charge is 0 e. The van der Waals surface area contributed by atoms with Crippen molar-refractivity contribution >= 4 is 0 Å². The van der Waals surface area contributed by atoms with E-state index in [4.69, 9.17) is 0 Å². The molecule has 9 heavy (non-hydrogen) atoms. The van der Waals surface area contributed by atoms with E-state index in [1.807, 2.05) is 0 Å². The van der Waals surface area contributed by atoms with Crippen LogP contribution in [0.4, 0.5) is 0 Å². The average Bonchev–Trinajstić information content (AvgIpc) is 1.90. The van der Waals surface area contributed by atoms with Gasteiger partial charge in [-0.3, -0.25) is 6.54 Å². The van der Waals surface area contributed by atoms with Gasteiger partial charge in [0.1, 0.15) is 0 Å². The summed E-state index contributed by atoms with van der Waals surface area (Å²) in [5.41, 5.74) is 0. The molecular weight excluding hydrogens is 187 g/mol. The molecular formula is C7H13NY-2. The van der Waals surface area contributed by atoms with E-state index in [1.54, 1.807) is 0 Å². The van der Waals surface area contributed by atoms with Crippen molar-refractivity contribution in [3.05, 3.63) is 13.5 Å². The van der Waals surface area contributed by atoms with Gasteiger partial charge in [-0.15, -0.1) is 0 Å². The number of rotatable bonds is 1. The molecule has 1 fully saturated rings. The topological polar surface area (TPSA) is 12.0 Å². The van der Waals surface area contributed by atoms with E-state index >= 15 is 0 Å². The van der Waals surface area contributed by atoms with Crippen LogP contribution in [-0.2, 0) is 32.7 Å². The van der Waals surface area contributed by atoms with Gasteiger partial charge in [-0.25, -0.2) is 6.42 Å². The summed E-state index contributed by atoms with van der Waals surface area (Å²) in [5.74, 6) is 0.740. The van der Waals surface area contributed by atoms with Crippen molar-refractivity contribution in [2.24, 2.45) is 5.92 Å². The Hall–Kier alpha value is 1.06. The minimum absolute atomic E-state index is 0. The molecule has 1 saturated heterocycles. The van der Waals surface area contributed by atoms with E-state index < -0.39 is 0 Å². The van der Waals surface area contributed by atoms with Crippen LogP contribution in [0.5, 0.6) is 0 Å². The van der Waals surface area contributed by atoms with Crippen LogP contribution in [0.3, 0.4) is 0 Å². The predicted octanol–water partition coefficient (Wildman–Crippen LogP) is 1.37. The van der Waals surface area contributed by atoms with Crippen LogP contribution in [0.15, 0.2) is 0 Å². The van der Waals surface area contributed by atoms with Gasteiger partial charge in [0.05, 0.1) is 0 Å². The van der Waals surface area contributed by atoms with Crippen LogP contribution in [0, 0.1) is 19.4 Å². The van der Waals surface area contributed by atoms with E-state index in [2.05, 4.69) is 18.8 Å². The molecule has 0 aromatic carbocycles. The summed E-state index contributed by atoms with van der Waals surface area (Å²) in [7, 11) is 0. The Morgan fingerprint density at radius 3 is 2.78 bits per heavy atom. The van der Waals surface area contributed by atoms with Gasteiger partial charge < -0.3 is 12.2 Å². The van der Waals surface area contributed by atoms with Crippen molar-refractivity contribution in [2.45, 2.75) is 19.3 Å². The molecule has 0 amide bonds. The molecule has 0 saturated carbocycles. The third-order valence-electron chi connectivity index (χ3n) is 1.62. The molecule has 1 unspecified atom stereocenters. The fraction of sp³-hybridized carbons (Fsp3) is 0.714. The van der Waals surface area contributed by atoms with Crippen molar-refractivity contribution < 1.29 is 32.7 Å². The van der Waals surface area contributed by atoms with Crippen LogP contribution >= 0.6 is 0 Å². The summed E-state index contributed by atoms with van der Waals surface area (Å²) in [6.45, 7) is 7.18. The fourth-order valence-corrected chi connectivity index (χ4v) is 1.03. The van der Waals surface area contributed by atoms with Crippen LogP contribution in [-0.4, -0.2) is 6.54 Å². The first kappa shape index (κ1) is 10.1. The fourth-order valence-electron chi connectivity index (χ4n) is 1.03. The molecule has 1 heterocycles. The Morgan fingerprint density at radius 2 is 2.44 bits per heavy atom. The van der Waals surface area contributed by atoms with Crippen molar-refractivity contribution in [1.29, 1.82) is 0 Å². The van der Waals surface area contributed by atoms with Gasteiger partial charge in [-0.2, -0.15) is 5.92 Å². The second-order valence-electron chi connectivity index (χ2n) is 2.31. The number of nitrogens with one attached hydrogen (secondary N) is 1. The van der Waals surface area contributed by atoms with Crippen LogP contribution < -0.4 is 5.32 Å². The van der Waals surface area contributed by atoms with E-state index in [0.717, 1.165) is 18.9 Å². The molecule has 0 aromatic rings. The van der Waals surface area contributed by atoms with Gasteiger partial charge in [0, 0.05) is 32.7 Å². The molecule has 2 heteroatoms. The first-order valence-corrected chi connectivity index (χ1v) is 3.29. The van der Waals surface area contributed by atoms with Crippen molar-refractivity contribution in [2.75, 3.05) is 6.54 Å². The first-order valence-electron chi connectivity index (χ1n) is 3.29. The van der Waals surface area contributed by atoms with Gasteiger partial charge in [-0.1, -0.05) is 6.42 Å². The molecule has 0 spiro atoms.